The third kappa shape index (κ3) is 13.2. The van der Waals surface area contributed by atoms with Gasteiger partial charge in [-0.25, -0.2) is 0 Å². The molecule has 0 saturated carbocycles. The van der Waals surface area contributed by atoms with Gasteiger partial charge in [-0.3, -0.25) is 0 Å². The van der Waals surface area contributed by atoms with E-state index < -0.39 is 0 Å². The zero-order valence-corrected chi connectivity index (χ0v) is 9.69. The van der Waals surface area contributed by atoms with Gasteiger partial charge in [-0.15, -0.1) is 0 Å². The van der Waals surface area contributed by atoms with Gasteiger partial charge in [0.05, 0.1) is 0 Å². The van der Waals surface area contributed by atoms with Gasteiger partial charge in [-0.05, 0) is 12.8 Å². The van der Waals surface area contributed by atoms with Gasteiger partial charge >= 0.3 is 29.6 Å². The van der Waals surface area contributed by atoms with Crippen LogP contribution in [0.3, 0.4) is 0 Å². The van der Waals surface area contributed by atoms with Crippen LogP contribution in [-0.2, 0) is 0 Å². The van der Waals surface area contributed by atoms with Crippen LogP contribution >= 0.6 is 24.0 Å². The Kier molecular flexibility index (Phi) is 17.0. The maximum absolute atomic E-state index is 5.13. The topological polar surface area (TPSA) is 12.0 Å². The van der Waals surface area contributed by atoms with Gasteiger partial charge in [-0.2, -0.15) is 0 Å². The number of rotatable bonds is 6. The molecule has 0 aromatic rings. The molecule has 0 aliphatic rings. The molecule has 4 heteroatoms. The normalized spacial score (nSPS) is 9.08. The first-order chi connectivity index (χ1) is 5.81. The Morgan fingerprint density at radius 1 is 1.23 bits per heavy atom. The summed E-state index contributed by atoms with van der Waals surface area (Å²) in [6, 6.07) is 0. The Labute approximate surface area is 114 Å². The number of hydrogen-bond donors (Lipinski definition) is 1. The molecule has 0 atom stereocenters. The van der Waals surface area contributed by atoms with Crippen LogP contribution in [0.15, 0.2) is 0 Å². The average Bonchev–Trinajstić information content (AvgIpc) is 2.06. The first kappa shape index (κ1) is 16.7. The van der Waals surface area contributed by atoms with E-state index in [0.29, 0.717) is 0 Å². The second-order valence-electron chi connectivity index (χ2n) is 2.77. The first-order valence-electron chi connectivity index (χ1n) is 4.71. The van der Waals surface area contributed by atoms with Gasteiger partial charge in [0, 0.05) is 12.3 Å². The van der Waals surface area contributed by atoms with Crippen molar-refractivity contribution in [1.82, 2.24) is 5.32 Å². The molecule has 0 aromatic heterocycles. The molecule has 1 N–H and O–H groups in total. The maximum atomic E-state index is 5.13. The second kappa shape index (κ2) is 13.2. The minimum atomic E-state index is 0. The number of thiocarbonyl (C=S) groups is 1. The van der Waals surface area contributed by atoms with Crippen LogP contribution in [0, 0.1) is 0 Å². The predicted molar refractivity (Wildman–Crippen MR) is 70.0 cm³/mol. The molecule has 0 spiro atoms. The quantitative estimate of drug-likeness (QED) is 0.427. The van der Waals surface area contributed by atoms with Crippen molar-refractivity contribution < 1.29 is 0 Å². The van der Waals surface area contributed by atoms with Crippen LogP contribution in [-0.4, -0.2) is 46.2 Å². The van der Waals surface area contributed by atoms with Crippen molar-refractivity contribution in [3.05, 3.63) is 0 Å². The van der Waals surface area contributed by atoms with E-state index in [-0.39, 0.29) is 29.6 Å². The Balaban J connectivity index is 0. The van der Waals surface area contributed by atoms with E-state index in [0.717, 1.165) is 16.6 Å². The predicted octanol–water partition coefficient (Wildman–Crippen LogP) is 2.55. The zero-order chi connectivity index (χ0) is 9.23. The molecular weight excluding hydrogens is 209 g/mol. The fourth-order valence-electron chi connectivity index (χ4n) is 0.727. The first-order valence-corrected chi connectivity index (χ1v) is 6.11. The molecule has 0 heterocycles. The molecule has 1 nitrogen and oxygen atoms in total. The van der Waals surface area contributed by atoms with Crippen molar-refractivity contribution in [1.29, 1.82) is 0 Å². The summed E-state index contributed by atoms with van der Waals surface area (Å²) >= 11 is 6.90. The van der Waals surface area contributed by atoms with Gasteiger partial charge in [0.2, 0.25) is 0 Å². The third-order valence-electron chi connectivity index (χ3n) is 1.53. The van der Waals surface area contributed by atoms with E-state index in [4.69, 9.17) is 12.2 Å². The van der Waals surface area contributed by atoms with Crippen molar-refractivity contribution in [2.45, 2.75) is 39.5 Å². The number of nitrogens with one attached hydrogen (secondary N) is 1. The summed E-state index contributed by atoms with van der Waals surface area (Å²) in [5.41, 5.74) is 0. The summed E-state index contributed by atoms with van der Waals surface area (Å²) in [5.74, 6) is 1.16. The van der Waals surface area contributed by atoms with E-state index in [1.54, 1.807) is 11.8 Å². The molecule has 0 aliphatic carbocycles. The van der Waals surface area contributed by atoms with Crippen LogP contribution in [0.25, 0.3) is 0 Å². The molecule has 0 rings (SSSR count). The molecular formula is C9H20NNaS2. The summed E-state index contributed by atoms with van der Waals surface area (Å²) < 4.78 is 0.969. The molecule has 0 amide bonds. The van der Waals surface area contributed by atoms with Crippen molar-refractivity contribution >= 4 is 57.9 Å². The van der Waals surface area contributed by atoms with E-state index in [1.165, 1.54) is 25.7 Å². The zero-order valence-electron chi connectivity index (χ0n) is 8.06. The summed E-state index contributed by atoms with van der Waals surface area (Å²) in [6.45, 7) is 5.43. The standard InChI is InChI=1S/C9H19NS2.Na.H/c1-3-5-7-10-9(11)12-8-6-4-2;;/h3-8H2,1-2H3,(H,10,11);;. The molecule has 74 valence electrons. The van der Waals surface area contributed by atoms with Crippen LogP contribution in [0.5, 0.6) is 0 Å². The van der Waals surface area contributed by atoms with Crippen LogP contribution in [0.2, 0.25) is 0 Å². The Hall–Kier alpha value is 1.24. The van der Waals surface area contributed by atoms with Crippen molar-refractivity contribution in [3.63, 3.8) is 0 Å². The summed E-state index contributed by atoms with van der Waals surface area (Å²) in [7, 11) is 0. The Bertz CT molecular complexity index is 108. The van der Waals surface area contributed by atoms with Crippen LogP contribution in [0.4, 0.5) is 0 Å². The van der Waals surface area contributed by atoms with Gasteiger partial charge in [0.15, 0.2) is 0 Å². The summed E-state index contributed by atoms with van der Waals surface area (Å²) in [6.07, 6.45) is 4.97. The second-order valence-corrected chi connectivity index (χ2v) is 4.54. The molecule has 13 heavy (non-hydrogen) atoms. The van der Waals surface area contributed by atoms with Gasteiger partial charge < -0.3 is 5.32 Å². The molecule has 0 aromatic carbocycles. The number of unbranched alkanes of at least 4 members (excludes halogenated alkanes) is 2. The Morgan fingerprint density at radius 3 is 2.38 bits per heavy atom. The van der Waals surface area contributed by atoms with Crippen molar-refractivity contribution in [2.75, 3.05) is 12.3 Å². The van der Waals surface area contributed by atoms with Gasteiger partial charge in [-0.1, -0.05) is 50.7 Å². The Morgan fingerprint density at radius 2 is 1.85 bits per heavy atom. The minimum absolute atomic E-state index is 0. The number of hydrogen-bond acceptors (Lipinski definition) is 2. The van der Waals surface area contributed by atoms with E-state index in [1.807, 2.05) is 0 Å². The summed E-state index contributed by atoms with van der Waals surface area (Å²) in [4.78, 5) is 0. The molecule has 0 fully saturated rings. The van der Waals surface area contributed by atoms with Gasteiger partial charge in [0.1, 0.15) is 4.32 Å². The monoisotopic (exact) mass is 229 g/mol. The van der Waals surface area contributed by atoms with Crippen LogP contribution in [0.1, 0.15) is 39.5 Å². The summed E-state index contributed by atoms with van der Waals surface area (Å²) in [5, 5.41) is 3.24. The van der Waals surface area contributed by atoms with Crippen molar-refractivity contribution in [3.8, 4) is 0 Å². The van der Waals surface area contributed by atoms with E-state index in [2.05, 4.69) is 19.2 Å². The van der Waals surface area contributed by atoms with Gasteiger partial charge in [0.25, 0.3) is 0 Å². The van der Waals surface area contributed by atoms with E-state index in [9.17, 15) is 0 Å². The fraction of sp³-hybridized carbons (Fsp3) is 0.889. The molecule has 0 radical (unpaired) electrons. The third-order valence-corrected chi connectivity index (χ3v) is 2.93. The molecule has 0 unspecified atom stereocenters. The van der Waals surface area contributed by atoms with E-state index >= 15 is 0 Å². The molecule has 0 bridgehead atoms. The average molecular weight is 229 g/mol. The molecule has 0 aliphatic heterocycles. The van der Waals surface area contributed by atoms with Crippen LogP contribution < -0.4 is 5.32 Å². The number of thioether (sulfide) groups is 1. The SMILES string of the molecule is CCCCNC(=S)SCCCC.[NaH]. The fourth-order valence-corrected chi connectivity index (χ4v) is 1.90. The van der Waals surface area contributed by atoms with Crippen molar-refractivity contribution in [2.24, 2.45) is 0 Å². The molecule has 0 saturated heterocycles.